The van der Waals surface area contributed by atoms with Crippen molar-refractivity contribution in [2.75, 3.05) is 0 Å². The highest BCUT2D eigenvalue weighted by Crippen LogP contribution is 2.32. The quantitative estimate of drug-likeness (QED) is 0.757. The Morgan fingerprint density at radius 2 is 1.94 bits per heavy atom. The Labute approximate surface area is 109 Å². The van der Waals surface area contributed by atoms with Gasteiger partial charge in [-0.1, -0.05) is 51.3 Å². The summed E-state index contributed by atoms with van der Waals surface area (Å²) < 4.78 is 5.90. The molecule has 0 saturated heterocycles. The summed E-state index contributed by atoms with van der Waals surface area (Å²) >= 11 is 0. The summed E-state index contributed by atoms with van der Waals surface area (Å²) in [6.45, 7) is 4.34. The molecular formula is C16H23NO. The number of rotatable bonds is 6. The first-order chi connectivity index (χ1) is 8.77. The fourth-order valence-electron chi connectivity index (χ4n) is 2.54. The zero-order valence-corrected chi connectivity index (χ0v) is 11.4. The monoisotopic (exact) mass is 245 g/mol. The van der Waals surface area contributed by atoms with Gasteiger partial charge in [-0.2, -0.15) is 0 Å². The Morgan fingerprint density at radius 1 is 1.17 bits per heavy atom. The molecule has 1 atom stereocenters. The van der Waals surface area contributed by atoms with Crippen molar-refractivity contribution in [2.45, 2.75) is 52.0 Å². The van der Waals surface area contributed by atoms with E-state index in [2.05, 4.69) is 26.0 Å². The normalized spacial score (nSPS) is 13.1. The van der Waals surface area contributed by atoms with Crippen LogP contribution in [0.3, 0.4) is 0 Å². The van der Waals surface area contributed by atoms with Gasteiger partial charge in [-0.25, -0.2) is 0 Å². The maximum Gasteiger partial charge on any atom is 0.134 e. The highest BCUT2D eigenvalue weighted by Gasteiger charge is 2.18. The van der Waals surface area contributed by atoms with Gasteiger partial charge in [0.05, 0.1) is 0 Å². The summed E-state index contributed by atoms with van der Waals surface area (Å²) in [5.41, 5.74) is 8.56. The largest absolute Gasteiger partial charge is 0.461 e. The standard InChI is InChI=1S/C16H23NO/c1-3-5-6-10-13(17)16-12-9-7-8-11-15(12)18-14(16)4-2/h7-9,11,13H,3-6,10,17H2,1-2H3. The molecule has 1 unspecified atom stereocenters. The molecule has 0 radical (unpaired) electrons. The fraction of sp³-hybridized carbons (Fsp3) is 0.500. The highest BCUT2D eigenvalue weighted by atomic mass is 16.3. The van der Waals surface area contributed by atoms with Crippen molar-refractivity contribution in [3.05, 3.63) is 35.6 Å². The van der Waals surface area contributed by atoms with Crippen LogP contribution < -0.4 is 5.73 Å². The first kappa shape index (κ1) is 13.2. The van der Waals surface area contributed by atoms with E-state index in [4.69, 9.17) is 10.2 Å². The topological polar surface area (TPSA) is 39.2 Å². The molecule has 0 aliphatic heterocycles. The maximum absolute atomic E-state index is 6.36. The summed E-state index contributed by atoms with van der Waals surface area (Å²) in [7, 11) is 0. The number of hydrogen-bond donors (Lipinski definition) is 1. The number of furan rings is 1. The number of benzene rings is 1. The van der Waals surface area contributed by atoms with E-state index in [9.17, 15) is 0 Å². The number of fused-ring (bicyclic) bond motifs is 1. The van der Waals surface area contributed by atoms with Crippen LogP contribution in [0.1, 0.15) is 56.9 Å². The smallest absolute Gasteiger partial charge is 0.134 e. The predicted octanol–water partition coefficient (Wildman–Crippen LogP) is 4.58. The molecule has 0 aliphatic rings. The summed E-state index contributed by atoms with van der Waals surface area (Å²) in [5, 5.41) is 1.19. The van der Waals surface area contributed by atoms with Crippen LogP contribution in [0.5, 0.6) is 0 Å². The van der Waals surface area contributed by atoms with Gasteiger partial charge in [0, 0.05) is 23.4 Å². The number of para-hydroxylation sites is 1. The number of hydrogen-bond acceptors (Lipinski definition) is 2. The molecule has 18 heavy (non-hydrogen) atoms. The van der Waals surface area contributed by atoms with Crippen molar-refractivity contribution in [1.82, 2.24) is 0 Å². The van der Waals surface area contributed by atoms with E-state index < -0.39 is 0 Å². The van der Waals surface area contributed by atoms with Gasteiger partial charge in [-0.05, 0) is 12.5 Å². The van der Waals surface area contributed by atoms with Crippen LogP contribution in [0, 0.1) is 0 Å². The Balaban J connectivity index is 2.29. The molecule has 1 aromatic carbocycles. The van der Waals surface area contributed by atoms with Gasteiger partial charge in [-0.3, -0.25) is 0 Å². The second kappa shape index (κ2) is 6.05. The Kier molecular flexibility index (Phi) is 4.43. The SMILES string of the molecule is CCCCCC(N)c1c(CC)oc2ccccc12. The fourth-order valence-corrected chi connectivity index (χ4v) is 2.54. The molecule has 0 spiro atoms. The summed E-state index contributed by atoms with van der Waals surface area (Å²) in [5.74, 6) is 1.06. The zero-order chi connectivity index (χ0) is 13.0. The van der Waals surface area contributed by atoms with Crippen molar-refractivity contribution in [1.29, 1.82) is 0 Å². The van der Waals surface area contributed by atoms with E-state index in [-0.39, 0.29) is 6.04 Å². The van der Waals surface area contributed by atoms with Crippen molar-refractivity contribution in [3.8, 4) is 0 Å². The van der Waals surface area contributed by atoms with Crippen LogP contribution in [0.4, 0.5) is 0 Å². The highest BCUT2D eigenvalue weighted by molar-refractivity contribution is 5.82. The summed E-state index contributed by atoms with van der Waals surface area (Å²) in [4.78, 5) is 0. The zero-order valence-electron chi connectivity index (χ0n) is 11.4. The third kappa shape index (κ3) is 2.59. The Hall–Kier alpha value is -1.28. The van der Waals surface area contributed by atoms with Crippen LogP contribution in [-0.4, -0.2) is 0 Å². The van der Waals surface area contributed by atoms with Crippen LogP contribution in [0.2, 0.25) is 0 Å². The van der Waals surface area contributed by atoms with Gasteiger partial charge in [0.15, 0.2) is 0 Å². The minimum absolute atomic E-state index is 0.107. The molecule has 2 aromatic rings. The molecule has 0 bridgehead atoms. The lowest BCUT2D eigenvalue weighted by molar-refractivity contribution is 0.525. The van der Waals surface area contributed by atoms with Crippen molar-refractivity contribution in [2.24, 2.45) is 5.73 Å². The van der Waals surface area contributed by atoms with E-state index >= 15 is 0 Å². The van der Waals surface area contributed by atoms with Crippen molar-refractivity contribution >= 4 is 11.0 Å². The lowest BCUT2D eigenvalue weighted by atomic mass is 9.97. The molecule has 1 heterocycles. The molecule has 2 heteroatoms. The maximum atomic E-state index is 6.36. The van der Waals surface area contributed by atoms with Crippen LogP contribution in [0.15, 0.2) is 28.7 Å². The molecule has 2 rings (SSSR count). The molecule has 2 nitrogen and oxygen atoms in total. The molecule has 0 fully saturated rings. The molecule has 0 amide bonds. The van der Waals surface area contributed by atoms with Crippen molar-refractivity contribution in [3.63, 3.8) is 0 Å². The van der Waals surface area contributed by atoms with Gasteiger partial charge in [0.1, 0.15) is 11.3 Å². The van der Waals surface area contributed by atoms with Crippen molar-refractivity contribution < 1.29 is 4.42 Å². The van der Waals surface area contributed by atoms with Gasteiger partial charge in [0.2, 0.25) is 0 Å². The lowest BCUT2D eigenvalue weighted by Crippen LogP contribution is -2.11. The minimum Gasteiger partial charge on any atom is -0.461 e. The third-order valence-electron chi connectivity index (χ3n) is 3.52. The third-order valence-corrected chi connectivity index (χ3v) is 3.52. The van der Waals surface area contributed by atoms with Crippen LogP contribution >= 0.6 is 0 Å². The molecule has 98 valence electrons. The summed E-state index contributed by atoms with van der Waals surface area (Å²) in [6.07, 6.45) is 5.64. The molecule has 1 aromatic heterocycles. The average Bonchev–Trinajstić information content (AvgIpc) is 2.77. The van der Waals surface area contributed by atoms with E-state index in [0.29, 0.717) is 0 Å². The molecule has 2 N–H and O–H groups in total. The summed E-state index contributed by atoms with van der Waals surface area (Å²) in [6, 6.07) is 8.32. The number of unbranched alkanes of at least 4 members (excludes halogenated alkanes) is 2. The van der Waals surface area contributed by atoms with Gasteiger partial charge in [0.25, 0.3) is 0 Å². The minimum atomic E-state index is 0.107. The van der Waals surface area contributed by atoms with Gasteiger partial charge >= 0.3 is 0 Å². The predicted molar refractivity (Wildman–Crippen MR) is 76.7 cm³/mol. The van der Waals surface area contributed by atoms with Gasteiger partial charge in [-0.15, -0.1) is 0 Å². The Morgan fingerprint density at radius 3 is 2.67 bits per heavy atom. The Bertz CT molecular complexity index is 501. The van der Waals surface area contributed by atoms with Gasteiger partial charge < -0.3 is 10.2 Å². The molecule has 0 aliphatic carbocycles. The average molecular weight is 245 g/mol. The number of nitrogens with two attached hydrogens (primary N) is 1. The van der Waals surface area contributed by atoms with Crippen LogP contribution in [-0.2, 0) is 6.42 Å². The van der Waals surface area contributed by atoms with Crippen LogP contribution in [0.25, 0.3) is 11.0 Å². The van der Waals surface area contributed by atoms with E-state index in [1.165, 1.54) is 30.2 Å². The first-order valence-corrected chi connectivity index (χ1v) is 7.03. The second-order valence-electron chi connectivity index (χ2n) is 4.89. The second-order valence-corrected chi connectivity index (χ2v) is 4.89. The van der Waals surface area contributed by atoms with E-state index in [1.54, 1.807) is 0 Å². The first-order valence-electron chi connectivity index (χ1n) is 7.03. The molecule has 0 saturated carbocycles. The number of aryl methyl sites for hydroxylation is 1. The molecular weight excluding hydrogens is 222 g/mol. The van der Waals surface area contributed by atoms with E-state index in [1.807, 2.05) is 12.1 Å². The van der Waals surface area contributed by atoms with E-state index in [0.717, 1.165) is 24.2 Å². The lowest BCUT2D eigenvalue weighted by Gasteiger charge is -2.11.